The van der Waals surface area contributed by atoms with E-state index in [0.29, 0.717) is 5.91 Å². The van der Waals surface area contributed by atoms with Gasteiger partial charge in [0.25, 0.3) is 0 Å². The molecule has 166 valence electrons. The van der Waals surface area contributed by atoms with Gasteiger partial charge in [0.15, 0.2) is 5.13 Å². The van der Waals surface area contributed by atoms with Crippen LogP contribution in [0.2, 0.25) is 0 Å². The second-order valence-corrected chi connectivity index (χ2v) is 9.70. The Balaban J connectivity index is 1.13. The van der Waals surface area contributed by atoms with Gasteiger partial charge in [0, 0.05) is 45.8 Å². The molecule has 32 heavy (non-hydrogen) atoms. The van der Waals surface area contributed by atoms with Crippen LogP contribution < -0.4 is 4.90 Å². The summed E-state index contributed by atoms with van der Waals surface area (Å²) in [4.78, 5) is 24.9. The predicted octanol–water partition coefficient (Wildman–Crippen LogP) is 4.37. The van der Waals surface area contributed by atoms with E-state index in [4.69, 9.17) is 4.98 Å². The van der Waals surface area contributed by atoms with Gasteiger partial charge in [-0.05, 0) is 30.5 Å². The lowest BCUT2D eigenvalue weighted by atomic mass is 9.96. The Hall–Kier alpha value is -2.70. The number of carbonyl (C=O) groups is 1. The third-order valence-corrected chi connectivity index (χ3v) is 7.58. The lowest BCUT2D eigenvalue weighted by Gasteiger charge is -2.38. The van der Waals surface area contributed by atoms with Crippen LogP contribution in [0.15, 0.2) is 60.7 Å². The predicted molar refractivity (Wildman–Crippen MR) is 133 cm³/mol. The maximum atomic E-state index is 13.3. The number of amides is 1. The minimum Gasteiger partial charge on any atom is -0.347 e. The molecule has 0 bridgehead atoms. The van der Waals surface area contributed by atoms with Crippen molar-refractivity contribution < 1.29 is 4.79 Å². The Morgan fingerprint density at radius 2 is 1.78 bits per heavy atom. The molecule has 1 amide bonds. The number of thiazole rings is 1. The van der Waals surface area contributed by atoms with E-state index in [1.165, 1.54) is 10.3 Å². The van der Waals surface area contributed by atoms with E-state index < -0.39 is 0 Å². The maximum absolute atomic E-state index is 13.3. The van der Waals surface area contributed by atoms with E-state index >= 15 is 0 Å². The molecule has 2 saturated heterocycles. The standard InChI is InChI=1S/C26H30N4OS/c31-25(29-18-16-28(17-19-29)14-6-10-21-8-2-1-3-9-21)22-11-7-15-30(20-22)26-27-23-12-4-5-13-24(23)32-26/h1-6,8-10,12-13,22H,7,11,14-20H2/b10-6+. The molecule has 2 fully saturated rings. The molecular formula is C26H30N4OS. The fourth-order valence-corrected chi connectivity index (χ4v) is 5.66. The molecule has 1 atom stereocenters. The summed E-state index contributed by atoms with van der Waals surface area (Å²) in [5.41, 5.74) is 2.29. The number of piperazine rings is 1. The molecule has 0 N–H and O–H groups in total. The summed E-state index contributed by atoms with van der Waals surface area (Å²) in [6, 6.07) is 18.7. The van der Waals surface area contributed by atoms with E-state index in [1.54, 1.807) is 11.3 Å². The molecule has 1 aromatic heterocycles. The largest absolute Gasteiger partial charge is 0.347 e. The number of anilines is 1. The summed E-state index contributed by atoms with van der Waals surface area (Å²) >= 11 is 1.74. The quantitative estimate of drug-likeness (QED) is 0.584. The monoisotopic (exact) mass is 446 g/mol. The number of piperidine rings is 1. The van der Waals surface area contributed by atoms with Gasteiger partial charge in [0.05, 0.1) is 16.1 Å². The van der Waals surface area contributed by atoms with Crippen molar-refractivity contribution in [1.29, 1.82) is 0 Å². The van der Waals surface area contributed by atoms with Crippen molar-refractivity contribution in [3.8, 4) is 0 Å². The van der Waals surface area contributed by atoms with Crippen LogP contribution in [0.5, 0.6) is 0 Å². The summed E-state index contributed by atoms with van der Waals surface area (Å²) in [5, 5.41) is 1.05. The number of nitrogens with zero attached hydrogens (tertiary/aromatic N) is 4. The van der Waals surface area contributed by atoms with Crippen LogP contribution in [0.1, 0.15) is 18.4 Å². The first kappa shape index (κ1) is 21.2. The van der Waals surface area contributed by atoms with E-state index in [9.17, 15) is 4.79 Å². The summed E-state index contributed by atoms with van der Waals surface area (Å²) in [5.74, 6) is 0.413. The number of rotatable bonds is 5. The molecule has 2 aromatic carbocycles. The SMILES string of the molecule is O=C(C1CCCN(c2nc3ccccc3s2)C1)N1CCN(C/C=C/c2ccccc2)CC1. The highest BCUT2D eigenvalue weighted by Gasteiger charge is 2.31. The molecule has 2 aliphatic heterocycles. The molecule has 0 saturated carbocycles. The summed E-state index contributed by atoms with van der Waals surface area (Å²) < 4.78 is 1.22. The van der Waals surface area contributed by atoms with Gasteiger partial charge in [-0.25, -0.2) is 4.98 Å². The maximum Gasteiger partial charge on any atom is 0.227 e. The fourth-order valence-electron chi connectivity index (χ4n) is 4.66. The molecule has 5 nitrogen and oxygen atoms in total. The van der Waals surface area contributed by atoms with E-state index in [-0.39, 0.29) is 5.92 Å². The highest BCUT2D eigenvalue weighted by molar-refractivity contribution is 7.22. The fraction of sp³-hybridized carbons (Fsp3) is 0.385. The van der Waals surface area contributed by atoms with Crippen LogP contribution >= 0.6 is 11.3 Å². The van der Waals surface area contributed by atoms with Crippen LogP contribution in [0.4, 0.5) is 5.13 Å². The van der Waals surface area contributed by atoms with Crippen molar-refractivity contribution in [2.24, 2.45) is 5.92 Å². The van der Waals surface area contributed by atoms with Crippen molar-refractivity contribution in [2.75, 3.05) is 50.7 Å². The highest BCUT2D eigenvalue weighted by atomic mass is 32.1. The van der Waals surface area contributed by atoms with Crippen LogP contribution in [-0.2, 0) is 4.79 Å². The lowest BCUT2D eigenvalue weighted by molar-refractivity contribution is -0.137. The van der Waals surface area contributed by atoms with Crippen molar-refractivity contribution in [2.45, 2.75) is 12.8 Å². The zero-order valence-electron chi connectivity index (χ0n) is 18.4. The average molecular weight is 447 g/mol. The third-order valence-electron chi connectivity index (χ3n) is 6.48. The number of fused-ring (bicyclic) bond motifs is 1. The van der Waals surface area contributed by atoms with Crippen LogP contribution in [-0.4, -0.2) is 66.5 Å². The molecule has 0 aliphatic carbocycles. The first-order valence-electron chi connectivity index (χ1n) is 11.6. The topological polar surface area (TPSA) is 39.7 Å². The molecule has 2 aliphatic rings. The van der Waals surface area contributed by atoms with Gasteiger partial charge in [-0.15, -0.1) is 0 Å². The lowest BCUT2D eigenvalue weighted by Crippen LogP contribution is -2.52. The van der Waals surface area contributed by atoms with Gasteiger partial charge >= 0.3 is 0 Å². The highest BCUT2D eigenvalue weighted by Crippen LogP contribution is 2.32. The second-order valence-electron chi connectivity index (χ2n) is 8.69. The number of benzene rings is 2. The normalized spacial score (nSPS) is 20.3. The second kappa shape index (κ2) is 9.84. The van der Waals surface area contributed by atoms with Crippen LogP contribution in [0.3, 0.4) is 0 Å². The molecule has 1 unspecified atom stereocenters. The Labute approximate surface area is 194 Å². The summed E-state index contributed by atoms with van der Waals surface area (Å²) in [7, 11) is 0. The Bertz CT molecular complexity index is 1040. The molecule has 0 radical (unpaired) electrons. The van der Waals surface area contributed by atoms with Gasteiger partial charge in [-0.1, -0.05) is 66.0 Å². The number of aromatic nitrogens is 1. The first-order chi connectivity index (χ1) is 15.8. The summed E-state index contributed by atoms with van der Waals surface area (Å²) in [6.45, 7) is 6.26. The van der Waals surface area contributed by atoms with Crippen molar-refractivity contribution in [1.82, 2.24) is 14.8 Å². The minimum atomic E-state index is 0.0836. The number of para-hydroxylation sites is 1. The van der Waals surface area contributed by atoms with E-state index in [0.717, 1.165) is 69.3 Å². The summed E-state index contributed by atoms with van der Waals surface area (Å²) in [6.07, 6.45) is 6.44. The molecule has 3 heterocycles. The molecule has 3 aromatic rings. The first-order valence-corrected chi connectivity index (χ1v) is 12.4. The van der Waals surface area contributed by atoms with E-state index in [1.807, 2.05) is 12.1 Å². The van der Waals surface area contributed by atoms with Crippen molar-refractivity contribution in [3.05, 3.63) is 66.2 Å². The zero-order valence-corrected chi connectivity index (χ0v) is 19.2. The third kappa shape index (κ3) is 4.87. The molecule has 0 spiro atoms. The van der Waals surface area contributed by atoms with Crippen LogP contribution in [0.25, 0.3) is 16.3 Å². The zero-order chi connectivity index (χ0) is 21.8. The Morgan fingerprint density at radius 3 is 2.59 bits per heavy atom. The Morgan fingerprint density at radius 1 is 1.00 bits per heavy atom. The number of hydrogen-bond acceptors (Lipinski definition) is 5. The number of hydrogen-bond donors (Lipinski definition) is 0. The van der Waals surface area contributed by atoms with E-state index in [2.05, 4.69) is 69.3 Å². The average Bonchev–Trinajstić information content (AvgIpc) is 3.29. The van der Waals surface area contributed by atoms with Crippen molar-refractivity contribution >= 4 is 38.7 Å². The molecular weight excluding hydrogens is 416 g/mol. The van der Waals surface area contributed by atoms with Crippen molar-refractivity contribution in [3.63, 3.8) is 0 Å². The van der Waals surface area contributed by atoms with Crippen LogP contribution in [0, 0.1) is 5.92 Å². The van der Waals surface area contributed by atoms with Gasteiger partial charge in [0.2, 0.25) is 5.91 Å². The van der Waals surface area contributed by atoms with Gasteiger partial charge in [-0.3, -0.25) is 9.69 Å². The van der Waals surface area contributed by atoms with Gasteiger partial charge in [-0.2, -0.15) is 0 Å². The molecule has 5 rings (SSSR count). The number of carbonyl (C=O) groups excluding carboxylic acids is 1. The minimum absolute atomic E-state index is 0.0836. The Kier molecular flexibility index (Phi) is 6.51. The smallest absolute Gasteiger partial charge is 0.227 e. The van der Waals surface area contributed by atoms with Gasteiger partial charge < -0.3 is 9.80 Å². The molecule has 6 heteroatoms. The van der Waals surface area contributed by atoms with Gasteiger partial charge in [0.1, 0.15) is 0 Å².